The average molecular weight is 237 g/mol. The van der Waals surface area contributed by atoms with Gasteiger partial charge >= 0.3 is 0 Å². The van der Waals surface area contributed by atoms with Crippen molar-refractivity contribution in [1.29, 1.82) is 0 Å². The average Bonchev–Trinajstić information content (AvgIpc) is 2.69. The van der Waals surface area contributed by atoms with Crippen molar-refractivity contribution >= 4 is 11.6 Å². The van der Waals surface area contributed by atoms with Gasteiger partial charge in [-0.2, -0.15) is 0 Å². The second-order valence-corrected chi connectivity index (χ2v) is 3.82. The first-order valence-electron chi connectivity index (χ1n) is 5.10. The molecule has 16 heavy (non-hydrogen) atoms. The predicted octanol–water partition coefficient (Wildman–Crippen LogP) is 1.89. The molecular formula is C11H13ClN4. The molecule has 0 bridgehead atoms. The van der Waals surface area contributed by atoms with Crippen LogP contribution in [0.5, 0.6) is 0 Å². The molecule has 5 heteroatoms. The molecule has 0 saturated carbocycles. The van der Waals surface area contributed by atoms with Crippen LogP contribution in [-0.4, -0.2) is 28.5 Å². The summed E-state index contributed by atoms with van der Waals surface area (Å²) in [5.74, 6) is 0.887. The van der Waals surface area contributed by atoms with Gasteiger partial charge in [-0.3, -0.25) is 4.98 Å². The van der Waals surface area contributed by atoms with Gasteiger partial charge in [-0.15, -0.1) is 0 Å². The largest absolute Gasteiger partial charge is 0.332 e. The Bertz CT molecular complexity index is 452. The van der Waals surface area contributed by atoms with Gasteiger partial charge in [0.05, 0.1) is 0 Å². The SMILES string of the molecule is CNCCc1nc(-c2cccnc2)c(Cl)[nH]1. The molecule has 0 amide bonds. The van der Waals surface area contributed by atoms with Crippen molar-refractivity contribution in [3.05, 3.63) is 35.5 Å². The highest BCUT2D eigenvalue weighted by Crippen LogP contribution is 2.24. The topological polar surface area (TPSA) is 53.6 Å². The number of aromatic nitrogens is 3. The third kappa shape index (κ3) is 2.40. The maximum Gasteiger partial charge on any atom is 0.134 e. The number of pyridine rings is 1. The smallest absolute Gasteiger partial charge is 0.134 e. The van der Waals surface area contributed by atoms with E-state index >= 15 is 0 Å². The molecular weight excluding hydrogens is 224 g/mol. The number of hydrogen-bond donors (Lipinski definition) is 2. The van der Waals surface area contributed by atoms with Crippen molar-refractivity contribution in [2.45, 2.75) is 6.42 Å². The number of imidazole rings is 1. The number of likely N-dealkylation sites (N-methyl/N-ethyl adjacent to an activating group) is 1. The lowest BCUT2D eigenvalue weighted by Gasteiger charge is -1.95. The third-order valence-corrected chi connectivity index (χ3v) is 2.53. The monoisotopic (exact) mass is 236 g/mol. The normalized spacial score (nSPS) is 10.6. The van der Waals surface area contributed by atoms with E-state index in [2.05, 4.69) is 20.3 Å². The van der Waals surface area contributed by atoms with Crippen molar-refractivity contribution < 1.29 is 0 Å². The zero-order valence-corrected chi connectivity index (χ0v) is 9.75. The highest BCUT2D eigenvalue weighted by Gasteiger charge is 2.09. The van der Waals surface area contributed by atoms with Gasteiger partial charge in [0.2, 0.25) is 0 Å². The van der Waals surface area contributed by atoms with Crippen LogP contribution in [0.3, 0.4) is 0 Å². The summed E-state index contributed by atoms with van der Waals surface area (Å²) in [5, 5.41) is 3.64. The predicted molar refractivity (Wildman–Crippen MR) is 64.5 cm³/mol. The van der Waals surface area contributed by atoms with Crippen molar-refractivity contribution in [3.8, 4) is 11.3 Å². The molecule has 2 aromatic rings. The first-order valence-corrected chi connectivity index (χ1v) is 5.48. The molecule has 0 spiro atoms. The summed E-state index contributed by atoms with van der Waals surface area (Å²) < 4.78 is 0. The molecule has 2 heterocycles. The molecule has 0 aliphatic rings. The summed E-state index contributed by atoms with van der Waals surface area (Å²) >= 11 is 6.09. The number of nitrogens with one attached hydrogen (secondary N) is 2. The van der Waals surface area contributed by atoms with Crippen LogP contribution in [0.4, 0.5) is 0 Å². The molecule has 0 atom stereocenters. The van der Waals surface area contributed by atoms with Gasteiger partial charge in [0.25, 0.3) is 0 Å². The van der Waals surface area contributed by atoms with E-state index in [9.17, 15) is 0 Å². The summed E-state index contributed by atoms with van der Waals surface area (Å²) in [5.41, 5.74) is 1.69. The van der Waals surface area contributed by atoms with E-state index in [0.717, 1.165) is 30.0 Å². The lowest BCUT2D eigenvalue weighted by atomic mass is 10.2. The maximum absolute atomic E-state index is 6.09. The number of rotatable bonds is 4. The van der Waals surface area contributed by atoms with Crippen LogP contribution in [0.25, 0.3) is 11.3 Å². The van der Waals surface area contributed by atoms with E-state index in [-0.39, 0.29) is 0 Å². The summed E-state index contributed by atoms with van der Waals surface area (Å²) in [6.07, 6.45) is 4.31. The van der Waals surface area contributed by atoms with Crippen molar-refractivity contribution in [1.82, 2.24) is 20.3 Å². The highest BCUT2D eigenvalue weighted by molar-refractivity contribution is 6.31. The molecule has 0 aromatic carbocycles. The zero-order chi connectivity index (χ0) is 11.4. The Morgan fingerprint density at radius 2 is 2.38 bits per heavy atom. The highest BCUT2D eigenvalue weighted by atomic mass is 35.5. The van der Waals surface area contributed by atoms with Crippen LogP contribution in [0, 0.1) is 0 Å². The van der Waals surface area contributed by atoms with E-state index in [1.165, 1.54) is 0 Å². The van der Waals surface area contributed by atoms with Crippen molar-refractivity contribution in [2.24, 2.45) is 0 Å². The van der Waals surface area contributed by atoms with Gasteiger partial charge in [0.1, 0.15) is 16.7 Å². The Morgan fingerprint density at radius 3 is 3.06 bits per heavy atom. The van der Waals surface area contributed by atoms with Crippen LogP contribution in [0.1, 0.15) is 5.82 Å². The summed E-state index contributed by atoms with van der Waals surface area (Å²) in [4.78, 5) is 11.6. The fourth-order valence-corrected chi connectivity index (χ4v) is 1.71. The van der Waals surface area contributed by atoms with Crippen molar-refractivity contribution in [2.75, 3.05) is 13.6 Å². The number of nitrogens with zero attached hydrogens (tertiary/aromatic N) is 2. The van der Waals surface area contributed by atoms with Gasteiger partial charge in [0, 0.05) is 30.9 Å². The minimum Gasteiger partial charge on any atom is -0.332 e. The van der Waals surface area contributed by atoms with Gasteiger partial charge in [-0.1, -0.05) is 11.6 Å². The number of aromatic amines is 1. The molecule has 0 saturated heterocycles. The standard InChI is InChI=1S/C11H13ClN4/c1-13-6-4-9-15-10(11(12)16-9)8-3-2-5-14-7-8/h2-3,5,7,13H,4,6H2,1H3,(H,15,16). The minimum absolute atomic E-state index is 0.569. The van der Waals surface area contributed by atoms with Crippen molar-refractivity contribution in [3.63, 3.8) is 0 Å². The summed E-state index contributed by atoms with van der Waals surface area (Å²) in [7, 11) is 1.91. The van der Waals surface area contributed by atoms with Crippen LogP contribution in [0.15, 0.2) is 24.5 Å². The Labute approximate surface area is 99.1 Å². The van der Waals surface area contributed by atoms with E-state index < -0.39 is 0 Å². The van der Waals surface area contributed by atoms with Gasteiger partial charge in [0.15, 0.2) is 0 Å². The Balaban J connectivity index is 2.25. The molecule has 2 rings (SSSR count). The Morgan fingerprint density at radius 1 is 1.50 bits per heavy atom. The zero-order valence-electron chi connectivity index (χ0n) is 9.00. The van der Waals surface area contributed by atoms with Crippen LogP contribution in [0.2, 0.25) is 5.15 Å². The second-order valence-electron chi connectivity index (χ2n) is 3.44. The van der Waals surface area contributed by atoms with Crippen LogP contribution < -0.4 is 5.32 Å². The van der Waals surface area contributed by atoms with E-state index in [0.29, 0.717) is 5.15 Å². The number of halogens is 1. The molecule has 0 aliphatic heterocycles. The lowest BCUT2D eigenvalue weighted by Crippen LogP contribution is -2.11. The fraction of sp³-hybridized carbons (Fsp3) is 0.273. The number of H-pyrrole nitrogens is 1. The molecule has 0 fully saturated rings. The summed E-state index contributed by atoms with van der Waals surface area (Å²) in [6.45, 7) is 0.871. The van der Waals surface area contributed by atoms with Gasteiger partial charge < -0.3 is 10.3 Å². The lowest BCUT2D eigenvalue weighted by molar-refractivity contribution is 0.764. The van der Waals surface area contributed by atoms with Crippen LogP contribution in [-0.2, 0) is 6.42 Å². The molecule has 2 aromatic heterocycles. The molecule has 0 unspecified atom stereocenters. The minimum atomic E-state index is 0.569. The van der Waals surface area contributed by atoms with Crippen LogP contribution >= 0.6 is 11.6 Å². The third-order valence-electron chi connectivity index (χ3n) is 2.26. The van der Waals surface area contributed by atoms with Gasteiger partial charge in [-0.25, -0.2) is 4.98 Å². The number of hydrogen-bond acceptors (Lipinski definition) is 3. The Hall–Kier alpha value is -1.39. The summed E-state index contributed by atoms with van der Waals surface area (Å²) in [6, 6.07) is 3.81. The molecule has 0 radical (unpaired) electrons. The van der Waals surface area contributed by atoms with E-state index in [4.69, 9.17) is 11.6 Å². The van der Waals surface area contributed by atoms with Gasteiger partial charge in [-0.05, 0) is 19.2 Å². The molecule has 4 nitrogen and oxygen atoms in total. The first-order chi connectivity index (χ1) is 7.81. The quantitative estimate of drug-likeness (QED) is 0.853. The first kappa shape index (κ1) is 11.1. The molecule has 0 aliphatic carbocycles. The molecule has 2 N–H and O–H groups in total. The van der Waals surface area contributed by atoms with E-state index in [1.54, 1.807) is 12.4 Å². The maximum atomic E-state index is 6.09. The van der Waals surface area contributed by atoms with E-state index in [1.807, 2.05) is 19.2 Å². The fourth-order valence-electron chi connectivity index (χ4n) is 1.45. The second kappa shape index (κ2) is 5.09. The Kier molecular flexibility index (Phi) is 3.54. The molecule has 84 valence electrons.